The topological polar surface area (TPSA) is 94.4 Å². The monoisotopic (exact) mass is 395 g/mol. The fourth-order valence-electron chi connectivity index (χ4n) is 2.57. The van der Waals surface area contributed by atoms with Crippen LogP contribution in [0.15, 0.2) is 73.9 Å². The van der Waals surface area contributed by atoms with E-state index in [0.29, 0.717) is 16.4 Å². The first kappa shape index (κ1) is 18.1. The highest BCUT2D eigenvalue weighted by Gasteiger charge is 2.13. The first-order valence-corrected chi connectivity index (χ1v) is 9.41. The zero-order chi connectivity index (χ0) is 19.5. The molecule has 0 saturated heterocycles. The molecule has 1 N–H and O–H groups in total. The summed E-state index contributed by atoms with van der Waals surface area (Å²) in [6.07, 6.45) is 1.53. The standard InChI is InChI=1S/C19H17N5O3S/c1-13-4-6-15(7-5-13)28-18-9-8-16-21-23(19(26)24(16)22-18)12-17(25)20-11-14-3-2-10-27-14/h2-10H,11-12H2,1H3,(H,20,25). The van der Waals surface area contributed by atoms with Crippen molar-refractivity contribution in [3.8, 4) is 0 Å². The third kappa shape index (κ3) is 3.99. The van der Waals surface area contributed by atoms with Crippen LogP contribution in [0.3, 0.4) is 0 Å². The van der Waals surface area contributed by atoms with Crippen LogP contribution in [0.4, 0.5) is 0 Å². The smallest absolute Gasteiger partial charge is 0.367 e. The molecule has 142 valence electrons. The van der Waals surface area contributed by atoms with E-state index in [9.17, 15) is 9.59 Å². The molecule has 3 aromatic heterocycles. The molecule has 0 atom stereocenters. The Balaban J connectivity index is 1.49. The average molecular weight is 395 g/mol. The summed E-state index contributed by atoms with van der Waals surface area (Å²) in [5, 5.41) is 11.9. The van der Waals surface area contributed by atoms with Crippen LogP contribution >= 0.6 is 11.8 Å². The highest BCUT2D eigenvalue weighted by atomic mass is 32.2. The molecule has 28 heavy (non-hydrogen) atoms. The van der Waals surface area contributed by atoms with Gasteiger partial charge in [-0.2, -0.15) is 9.61 Å². The van der Waals surface area contributed by atoms with Crippen molar-refractivity contribution in [3.63, 3.8) is 0 Å². The summed E-state index contributed by atoms with van der Waals surface area (Å²) in [6.45, 7) is 2.09. The summed E-state index contributed by atoms with van der Waals surface area (Å²) in [5.41, 5.74) is 1.10. The van der Waals surface area contributed by atoms with Crippen LogP contribution < -0.4 is 11.0 Å². The molecule has 1 aromatic carbocycles. The third-order valence-corrected chi connectivity index (χ3v) is 4.93. The van der Waals surface area contributed by atoms with E-state index < -0.39 is 5.69 Å². The fourth-order valence-corrected chi connectivity index (χ4v) is 3.34. The molecule has 0 fully saturated rings. The molecule has 0 unspecified atom stereocenters. The van der Waals surface area contributed by atoms with E-state index in [1.54, 1.807) is 24.3 Å². The molecule has 0 saturated carbocycles. The Morgan fingerprint density at radius 1 is 1.14 bits per heavy atom. The van der Waals surface area contributed by atoms with Gasteiger partial charge >= 0.3 is 5.69 Å². The number of carbonyl (C=O) groups excluding carboxylic acids is 1. The first-order valence-electron chi connectivity index (χ1n) is 8.59. The lowest BCUT2D eigenvalue weighted by atomic mass is 10.2. The van der Waals surface area contributed by atoms with Gasteiger partial charge in [-0.05, 0) is 43.3 Å². The maximum atomic E-state index is 12.5. The number of hydrogen-bond donors (Lipinski definition) is 1. The number of amides is 1. The Morgan fingerprint density at radius 3 is 2.71 bits per heavy atom. The van der Waals surface area contributed by atoms with Crippen molar-refractivity contribution in [1.82, 2.24) is 24.7 Å². The number of fused-ring (bicyclic) bond motifs is 1. The van der Waals surface area contributed by atoms with E-state index in [0.717, 1.165) is 9.58 Å². The molecular formula is C19H17N5O3S. The molecule has 0 spiro atoms. The Morgan fingerprint density at radius 2 is 1.96 bits per heavy atom. The number of rotatable bonds is 6. The van der Waals surface area contributed by atoms with E-state index in [-0.39, 0.29) is 19.0 Å². The Bertz CT molecular complexity index is 1160. The summed E-state index contributed by atoms with van der Waals surface area (Å²) in [6, 6.07) is 15.1. The highest BCUT2D eigenvalue weighted by molar-refractivity contribution is 7.99. The predicted molar refractivity (Wildman–Crippen MR) is 103 cm³/mol. The lowest BCUT2D eigenvalue weighted by molar-refractivity contribution is -0.122. The van der Waals surface area contributed by atoms with E-state index in [4.69, 9.17) is 4.42 Å². The summed E-state index contributed by atoms with van der Waals surface area (Å²) in [4.78, 5) is 25.6. The van der Waals surface area contributed by atoms with Crippen LogP contribution in [0.25, 0.3) is 5.65 Å². The van der Waals surface area contributed by atoms with Gasteiger partial charge in [-0.15, -0.1) is 5.10 Å². The van der Waals surface area contributed by atoms with Gasteiger partial charge in [-0.25, -0.2) is 9.48 Å². The van der Waals surface area contributed by atoms with Crippen molar-refractivity contribution in [2.75, 3.05) is 0 Å². The second-order valence-corrected chi connectivity index (χ2v) is 7.25. The van der Waals surface area contributed by atoms with Crippen molar-refractivity contribution in [1.29, 1.82) is 0 Å². The van der Waals surface area contributed by atoms with Crippen molar-refractivity contribution in [2.24, 2.45) is 0 Å². The van der Waals surface area contributed by atoms with Crippen LogP contribution in [0, 0.1) is 6.92 Å². The molecule has 8 nitrogen and oxygen atoms in total. The van der Waals surface area contributed by atoms with Gasteiger partial charge in [0.2, 0.25) is 5.91 Å². The zero-order valence-electron chi connectivity index (χ0n) is 15.0. The highest BCUT2D eigenvalue weighted by Crippen LogP contribution is 2.25. The molecule has 0 aliphatic heterocycles. The molecule has 0 aliphatic carbocycles. The van der Waals surface area contributed by atoms with E-state index in [1.807, 2.05) is 31.2 Å². The van der Waals surface area contributed by atoms with Gasteiger partial charge in [0.25, 0.3) is 0 Å². The van der Waals surface area contributed by atoms with Crippen LogP contribution in [0.2, 0.25) is 0 Å². The molecule has 0 radical (unpaired) electrons. The molecule has 9 heteroatoms. The number of hydrogen-bond acceptors (Lipinski definition) is 6. The minimum atomic E-state index is -0.463. The lowest BCUT2D eigenvalue weighted by Crippen LogP contribution is -2.32. The van der Waals surface area contributed by atoms with E-state index >= 15 is 0 Å². The Kier molecular flexibility index (Phi) is 4.98. The number of carbonyl (C=O) groups is 1. The van der Waals surface area contributed by atoms with Crippen LogP contribution in [-0.2, 0) is 17.9 Å². The second-order valence-electron chi connectivity index (χ2n) is 6.15. The maximum Gasteiger partial charge on any atom is 0.367 e. The van der Waals surface area contributed by atoms with Gasteiger partial charge in [-0.3, -0.25) is 4.79 Å². The van der Waals surface area contributed by atoms with E-state index in [1.165, 1.54) is 28.1 Å². The van der Waals surface area contributed by atoms with Crippen molar-refractivity contribution in [3.05, 3.63) is 76.6 Å². The number of furan rings is 1. The molecular weight excluding hydrogens is 378 g/mol. The quantitative estimate of drug-likeness (QED) is 0.538. The van der Waals surface area contributed by atoms with Crippen LogP contribution in [-0.4, -0.2) is 25.3 Å². The minimum absolute atomic E-state index is 0.191. The molecule has 1 amide bonds. The average Bonchev–Trinajstić information content (AvgIpc) is 3.31. The van der Waals surface area contributed by atoms with Crippen molar-refractivity contribution >= 4 is 23.3 Å². The molecule has 4 aromatic rings. The Hall–Kier alpha value is -3.33. The number of aryl methyl sites for hydroxylation is 1. The van der Waals surface area contributed by atoms with Gasteiger partial charge in [-0.1, -0.05) is 29.5 Å². The van der Waals surface area contributed by atoms with Crippen LogP contribution in [0.1, 0.15) is 11.3 Å². The fraction of sp³-hybridized carbons (Fsp3) is 0.158. The normalized spacial score (nSPS) is 11.0. The van der Waals surface area contributed by atoms with Crippen molar-refractivity contribution in [2.45, 2.75) is 29.9 Å². The van der Waals surface area contributed by atoms with Gasteiger partial charge in [0.05, 0.1) is 12.8 Å². The number of nitrogens with zero attached hydrogens (tertiary/aromatic N) is 4. The zero-order valence-corrected chi connectivity index (χ0v) is 15.8. The molecule has 0 aliphatic rings. The summed E-state index contributed by atoms with van der Waals surface area (Å²) >= 11 is 1.45. The number of nitrogens with one attached hydrogen (secondary N) is 1. The predicted octanol–water partition coefficient (Wildman–Crippen LogP) is 2.26. The summed E-state index contributed by atoms with van der Waals surface area (Å²) in [7, 11) is 0. The van der Waals surface area contributed by atoms with Crippen LogP contribution in [0.5, 0.6) is 0 Å². The lowest BCUT2D eigenvalue weighted by Gasteiger charge is -2.02. The Labute approximate surface area is 164 Å². The SMILES string of the molecule is Cc1ccc(Sc2ccc3nn(CC(=O)NCc4ccco4)c(=O)n3n2)cc1. The molecule has 0 bridgehead atoms. The van der Waals surface area contributed by atoms with Gasteiger partial charge in [0.15, 0.2) is 5.65 Å². The van der Waals surface area contributed by atoms with Crippen molar-refractivity contribution < 1.29 is 9.21 Å². The maximum absolute atomic E-state index is 12.5. The molecule has 3 heterocycles. The number of benzene rings is 1. The van der Waals surface area contributed by atoms with Gasteiger partial charge in [0.1, 0.15) is 17.3 Å². The first-order chi connectivity index (χ1) is 13.6. The summed E-state index contributed by atoms with van der Waals surface area (Å²) in [5.74, 6) is 0.297. The minimum Gasteiger partial charge on any atom is -0.467 e. The van der Waals surface area contributed by atoms with Gasteiger partial charge < -0.3 is 9.73 Å². The summed E-state index contributed by atoms with van der Waals surface area (Å²) < 4.78 is 7.46. The largest absolute Gasteiger partial charge is 0.467 e. The second kappa shape index (κ2) is 7.73. The number of aromatic nitrogens is 4. The van der Waals surface area contributed by atoms with E-state index in [2.05, 4.69) is 15.5 Å². The third-order valence-electron chi connectivity index (χ3n) is 3.99. The van der Waals surface area contributed by atoms with Gasteiger partial charge in [0, 0.05) is 4.90 Å². The molecule has 4 rings (SSSR count).